The molecule has 0 saturated heterocycles. The lowest BCUT2D eigenvalue weighted by Gasteiger charge is -2.23. The Morgan fingerprint density at radius 1 is 1.17 bits per heavy atom. The number of hydrogen-bond acceptors (Lipinski definition) is 4. The number of aromatic amines is 1. The molecule has 0 bridgehead atoms. The molecule has 2 aromatic carbocycles. The highest BCUT2D eigenvalue weighted by atomic mass is 32.2. The van der Waals surface area contributed by atoms with Gasteiger partial charge in [0, 0.05) is 11.3 Å². The number of nitrogens with zero attached hydrogens (tertiary/aromatic N) is 1. The fourth-order valence-electron chi connectivity index (χ4n) is 2.59. The summed E-state index contributed by atoms with van der Waals surface area (Å²) in [4.78, 5) is 32.7. The summed E-state index contributed by atoms with van der Waals surface area (Å²) in [6.07, 6.45) is 0.0852. The number of nitrogens with one attached hydrogen (secondary N) is 3. The Balaban J connectivity index is 1.45. The summed E-state index contributed by atoms with van der Waals surface area (Å²) in [6, 6.07) is 15.1. The van der Waals surface area contributed by atoms with Crippen LogP contribution in [0.3, 0.4) is 0 Å². The standard InChI is InChI=1S/C17H14N4O2S/c22-15(21-17-19-10-5-1-2-6-11(10)20-17)9-14-16(23)18-12-7-3-4-8-13(12)24-14/h1-8,14H,9H2,(H,18,23)(H2,19,20,21,22)/t14-/m1/s1. The summed E-state index contributed by atoms with van der Waals surface area (Å²) < 4.78 is 0. The third kappa shape index (κ3) is 2.85. The van der Waals surface area contributed by atoms with E-state index in [1.165, 1.54) is 11.8 Å². The van der Waals surface area contributed by atoms with E-state index in [2.05, 4.69) is 20.6 Å². The summed E-state index contributed by atoms with van der Waals surface area (Å²) in [7, 11) is 0. The molecule has 0 unspecified atom stereocenters. The lowest BCUT2D eigenvalue weighted by Crippen LogP contribution is -2.32. The van der Waals surface area contributed by atoms with Crippen LogP contribution in [0.1, 0.15) is 6.42 Å². The number of amides is 2. The first-order chi connectivity index (χ1) is 11.7. The van der Waals surface area contributed by atoms with Crippen LogP contribution < -0.4 is 10.6 Å². The van der Waals surface area contributed by atoms with Gasteiger partial charge in [0.05, 0.1) is 22.0 Å². The fourth-order valence-corrected chi connectivity index (χ4v) is 3.70. The number of rotatable bonds is 3. The van der Waals surface area contributed by atoms with Crippen LogP contribution in [0.4, 0.5) is 11.6 Å². The molecule has 1 aromatic heterocycles. The minimum atomic E-state index is -0.454. The molecule has 0 saturated carbocycles. The largest absolute Gasteiger partial charge is 0.324 e. The second kappa shape index (κ2) is 6.01. The van der Waals surface area contributed by atoms with Gasteiger partial charge in [-0.25, -0.2) is 4.98 Å². The van der Waals surface area contributed by atoms with Gasteiger partial charge in [-0.1, -0.05) is 24.3 Å². The molecule has 120 valence electrons. The van der Waals surface area contributed by atoms with Crippen LogP contribution in [0, 0.1) is 0 Å². The average molecular weight is 338 g/mol. The van der Waals surface area contributed by atoms with Crippen LogP contribution in [-0.2, 0) is 9.59 Å². The van der Waals surface area contributed by atoms with Gasteiger partial charge in [-0.05, 0) is 24.3 Å². The van der Waals surface area contributed by atoms with E-state index in [0.29, 0.717) is 5.95 Å². The number of carbonyl (C=O) groups excluding carboxylic acids is 2. The number of anilines is 2. The Morgan fingerprint density at radius 3 is 2.83 bits per heavy atom. The maximum absolute atomic E-state index is 12.3. The summed E-state index contributed by atoms with van der Waals surface area (Å²) in [5.41, 5.74) is 2.43. The summed E-state index contributed by atoms with van der Waals surface area (Å²) >= 11 is 1.41. The topological polar surface area (TPSA) is 86.9 Å². The van der Waals surface area contributed by atoms with E-state index in [1.807, 2.05) is 48.5 Å². The van der Waals surface area contributed by atoms with Crippen molar-refractivity contribution >= 4 is 46.2 Å². The summed E-state index contributed by atoms with van der Waals surface area (Å²) in [5, 5.41) is 5.11. The lowest BCUT2D eigenvalue weighted by molar-refractivity contribution is -0.120. The van der Waals surface area contributed by atoms with Gasteiger partial charge in [-0.3, -0.25) is 14.9 Å². The maximum atomic E-state index is 12.3. The van der Waals surface area contributed by atoms with Gasteiger partial charge in [0.15, 0.2) is 0 Å². The second-order valence-electron chi connectivity index (χ2n) is 5.45. The van der Waals surface area contributed by atoms with E-state index in [1.54, 1.807) is 0 Å². The zero-order valence-electron chi connectivity index (χ0n) is 12.6. The van der Waals surface area contributed by atoms with Crippen LogP contribution in [0.15, 0.2) is 53.4 Å². The molecule has 0 radical (unpaired) electrons. The van der Waals surface area contributed by atoms with Gasteiger partial charge < -0.3 is 10.3 Å². The highest BCUT2D eigenvalue weighted by Gasteiger charge is 2.28. The summed E-state index contributed by atoms with van der Waals surface area (Å²) in [6.45, 7) is 0. The Morgan fingerprint density at radius 2 is 1.96 bits per heavy atom. The Labute approximate surface area is 142 Å². The van der Waals surface area contributed by atoms with Gasteiger partial charge >= 0.3 is 0 Å². The minimum absolute atomic E-state index is 0.0852. The molecular formula is C17H14N4O2S. The normalized spacial score (nSPS) is 16.5. The predicted octanol–water partition coefficient (Wildman–Crippen LogP) is 3.00. The van der Waals surface area contributed by atoms with Crippen molar-refractivity contribution in [1.82, 2.24) is 9.97 Å². The molecule has 0 spiro atoms. The zero-order valence-corrected chi connectivity index (χ0v) is 13.4. The number of para-hydroxylation sites is 3. The third-order valence-electron chi connectivity index (χ3n) is 3.72. The van der Waals surface area contributed by atoms with Gasteiger partial charge in [0.25, 0.3) is 0 Å². The highest BCUT2D eigenvalue weighted by molar-refractivity contribution is 8.01. The molecule has 24 heavy (non-hydrogen) atoms. The van der Waals surface area contributed by atoms with Gasteiger partial charge in [0.2, 0.25) is 17.8 Å². The average Bonchev–Trinajstić information content (AvgIpc) is 2.97. The van der Waals surface area contributed by atoms with Crippen molar-refractivity contribution in [1.29, 1.82) is 0 Å². The van der Waals surface area contributed by atoms with E-state index in [-0.39, 0.29) is 18.2 Å². The van der Waals surface area contributed by atoms with Gasteiger partial charge in [0.1, 0.15) is 0 Å². The van der Waals surface area contributed by atoms with Crippen molar-refractivity contribution < 1.29 is 9.59 Å². The van der Waals surface area contributed by atoms with Crippen molar-refractivity contribution in [3.63, 3.8) is 0 Å². The predicted molar refractivity (Wildman–Crippen MR) is 94.1 cm³/mol. The van der Waals surface area contributed by atoms with Crippen LogP contribution in [-0.4, -0.2) is 27.0 Å². The SMILES string of the molecule is O=C(C[C@H]1Sc2ccccc2NC1=O)Nc1nc2ccccc2[nH]1. The molecule has 6 nitrogen and oxygen atoms in total. The molecule has 3 N–H and O–H groups in total. The first kappa shape index (κ1) is 14.8. The molecule has 2 heterocycles. The Hall–Kier alpha value is -2.80. The number of fused-ring (bicyclic) bond motifs is 2. The third-order valence-corrected chi connectivity index (χ3v) is 5.00. The van der Waals surface area contributed by atoms with Crippen LogP contribution in [0.2, 0.25) is 0 Å². The molecule has 0 fully saturated rings. The van der Waals surface area contributed by atoms with E-state index in [9.17, 15) is 9.59 Å². The number of aromatic nitrogens is 2. The molecule has 4 rings (SSSR count). The lowest BCUT2D eigenvalue weighted by atomic mass is 10.2. The monoisotopic (exact) mass is 338 g/mol. The number of imidazole rings is 1. The zero-order chi connectivity index (χ0) is 16.5. The number of H-pyrrole nitrogens is 1. The molecule has 1 aliphatic heterocycles. The first-order valence-corrected chi connectivity index (χ1v) is 8.38. The van der Waals surface area contributed by atoms with Gasteiger partial charge in [-0.15, -0.1) is 11.8 Å². The van der Waals surface area contributed by atoms with Gasteiger partial charge in [-0.2, -0.15) is 0 Å². The fraction of sp³-hybridized carbons (Fsp3) is 0.118. The maximum Gasteiger partial charge on any atom is 0.238 e. The van der Waals surface area contributed by atoms with Crippen molar-refractivity contribution in [2.75, 3.05) is 10.6 Å². The molecule has 0 aliphatic carbocycles. The van der Waals surface area contributed by atoms with Crippen LogP contribution >= 0.6 is 11.8 Å². The van der Waals surface area contributed by atoms with Crippen molar-refractivity contribution in [3.05, 3.63) is 48.5 Å². The van der Waals surface area contributed by atoms with Crippen molar-refractivity contribution in [3.8, 4) is 0 Å². The van der Waals surface area contributed by atoms with Crippen LogP contribution in [0.5, 0.6) is 0 Å². The molecule has 2 amide bonds. The van der Waals surface area contributed by atoms with Crippen molar-refractivity contribution in [2.45, 2.75) is 16.6 Å². The molecule has 1 aliphatic rings. The number of carbonyl (C=O) groups is 2. The number of hydrogen-bond donors (Lipinski definition) is 3. The Bertz CT molecular complexity index is 904. The van der Waals surface area contributed by atoms with E-state index >= 15 is 0 Å². The van der Waals surface area contributed by atoms with Crippen molar-refractivity contribution in [2.24, 2.45) is 0 Å². The van der Waals surface area contributed by atoms with E-state index < -0.39 is 5.25 Å². The quantitative estimate of drug-likeness (QED) is 0.685. The van der Waals surface area contributed by atoms with E-state index in [4.69, 9.17) is 0 Å². The smallest absolute Gasteiger partial charge is 0.238 e. The molecule has 1 atom stereocenters. The Kier molecular flexibility index (Phi) is 3.70. The summed E-state index contributed by atoms with van der Waals surface area (Å²) in [5.74, 6) is -0.0117. The highest BCUT2D eigenvalue weighted by Crippen LogP contribution is 2.36. The second-order valence-corrected chi connectivity index (χ2v) is 6.69. The molecule has 7 heteroatoms. The van der Waals surface area contributed by atoms with E-state index in [0.717, 1.165) is 21.6 Å². The minimum Gasteiger partial charge on any atom is -0.324 e. The molecule has 3 aromatic rings. The number of thioether (sulfide) groups is 1. The molecular weight excluding hydrogens is 324 g/mol. The first-order valence-electron chi connectivity index (χ1n) is 7.50. The number of benzene rings is 2. The van der Waals surface area contributed by atoms with Crippen LogP contribution in [0.25, 0.3) is 11.0 Å².